The van der Waals surface area contributed by atoms with Crippen molar-refractivity contribution in [3.8, 4) is 5.88 Å². The van der Waals surface area contributed by atoms with Crippen LogP contribution >= 0.6 is 11.6 Å². The lowest BCUT2D eigenvalue weighted by Gasteiger charge is -2.40. The van der Waals surface area contributed by atoms with Crippen molar-refractivity contribution in [1.82, 2.24) is 9.97 Å². The summed E-state index contributed by atoms with van der Waals surface area (Å²) < 4.78 is 11.6. The van der Waals surface area contributed by atoms with Gasteiger partial charge in [0, 0.05) is 18.1 Å². The van der Waals surface area contributed by atoms with Gasteiger partial charge in [0.1, 0.15) is 6.61 Å². The van der Waals surface area contributed by atoms with E-state index in [1.807, 2.05) is 24.3 Å². The molecule has 128 valence electrons. The lowest BCUT2D eigenvalue weighted by atomic mass is 10.0. The molecule has 1 saturated heterocycles. The average Bonchev–Trinajstić information content (AvgIpc) is 2.60. The molecule has 0 radical (unpaired) electrons. The Bertz CT molecular complexity index is 697. The molecule has 1 aliphatic heterocycles. The molecule has 0 spiro atoms. The van der Waals surface area contributed by atoms with E-state index in [0.29, 0.717) is 24.1 Å². The number of morpholine rings is 1. The van der Waals surface area contributed by atoms with Crippen molar-refractivity contribution in [2.24, 2.45) is 0 Å². The Hall–Kier alpha value is -1.85. The van der Waals surface area contributed by atoms with E-state index in [2.05, 4.69) is 28.7 Å². The number of hydrogen-bond acceptors (Lipinski definition) is 5. The standard InChI is InChI=1S/C18H22ClN3O2/c1-3-18(2)13-22(7-8-24-18)16-10-20-11-17(21-16)23-12-14-5-4-6-15(19)9-14/h4-6,9-11H,3,7-8,12-13H2,1-2H3. The van der Waals surface area contributed by atoms with E-state index in [4.69, 9.17) is 21.1 Å². The van der Waals surface area contributed by atoms with E-state index >= 15 is 0 Å². The fourth-order valence-corrected chi connectivity index (χ4v) is 2.90. The Kier molecular flexibility index (Phi) is 5.21. The molecule has 24 heavy (non-hydrogen) atoms. The van der Waals surface area contributed by atoms with Crippen LogP contribution in [0.25, 0.3) is 0 Å². The van der Waals surface area contributed by atoms with Crippen molar-refractivity contribution < 1.29 is 9.47 Å². The molecule has 1 aliphatic rings. The second kappa shape index (κ2) is 7.36. The van der Waals surface area contributed by atoms with E-state index in [9.17, 15) is 0 Å². The molecular weight excluding hydrogens is 326 g/mol. The minimum Gasteiger partial charge on any atom is -0.472 e. The third kappa shape index (κ3) is 4.16. The first-order valence-electron chi connectivity index (χ1n) is 8.16. The summed E-state index contributed by atoms with van der Waals surface area (Å²) in [5, 5.41) is 0.697. The maximum absolute atomic E-state index is 5.99. The van der Waals surface area contributed by atoms with Crippen LogP contribution in [0.15, 0.2) is 36.7 Å². The van der Waals surface area contributed by atoms with Gasteiger partial charge in [-0.3, -0.25) is 4.98 Å². The van der Waals surface area contributed by atoms with Crippen molar-refractivity contribution in [1.29, 1.82) is 0 Å². The molecule has 0 aliphatic carbocycles. The van der Waals surface area contributed by atoms with E-state index in [1.54, 1.807) is 12.4 Å². The van der Waals surface area contributed by atoms with Gasteiger partial charge in [-0.15, -0.1) is 0 Å². The zero-order valence-corrected chi connectivity index (χ0v) is 14.8. The maximum atomic E-state index is 5.99. The van der Waals surface area contributed by atoms with Gasteiger partial charge in [0.15, 0.2) is 5.82 Å². The van der Waals surface area contributed by atoms with Crippen LogP contribution in [-0.4, -0.2) is 35.3 Å². The molecule has 1 atom stereocenters. The first kappa shape index (κ1) is 17.0. The number of halogens is 1. The maximum Gasteiger partial charge on any atom is 0.234 e. The summed E-state index contributed by atoms with van der Waals surface area (Å²) in [5.74, 6) is 1.33. The molecule has 1 aromatic carbocycles. The van der Waals surface area contributed by atoms with Gasteiger partial charge in [0.2, 0.25) is 5.88 Å². The largest absolute Gasteiger partial charge is 0.472 e. The first-order valence-corrected chi connectivity index (χ1v) is 8.54. The van der Waals surface area contributed by atoms with Crippen molar-refractivity contribution in [3.05, 3.63) is 47.2 Å². The quantitative estimate of drug-likeness (QED) is 0.825. The topological polar surface area (TPSA) is 47.5 Å². The Morgan fingerprint density at radius 1 is 1.38 bits per heavy atom. The Balaban J connectivity index is 1.68. The van der Waals surface area contributed by atoms with Crippen LogP contribution in [0.4, 0.5) is 5.82 Å². The van der Waals surface area contributed by atoms with Gasteiger partial charge in [0.05, 0.1) is 24.6 Å². The van der Waals surface area contributed by atoms with E-state index in [0.717, 1.165) is 30.9 Å². The van der Waals surface area contributed by atoms with Crippen molar-refractivity contribution in [3.63, 3.8) is 0 Å². The minimum atomic E-state index is -0.141. The molecule has 1 unspecified atom stereocenters. The van der Waals surface area contributed by atoms with Crippen LogP contribution in [0.1, 0.15) is 25.8 Å². The highest BCUT2D eigenvalue weighted by Crippen LogP contribution is 2.25. The normalized spacial score (nSPS) is 20.9. The summed E-state index contributed by atoms with van der Waals surface area (Å²) in [6.45, 7) is 6.98. The van der Waals surface area contributed by atoms with Crippen molar-refractivity contribution in [2.45, 2.75) is 32.5 Å². The summed E-state index contributed by atoms with van der Waals surface area (Å²) in [5.41, 5.74) is 0.858. The average molecular weight is 348 g/mol. The van der Waals surface area contributed by atoms with E-state index < -0.39 is 0 Å². The number of ether oxygens (including phenoxy) is 2. The molecule has 0 bridgehead atoms. The zero-order valence-electron chi connectivity index (χ0n) is 14.0. The highest BCUT2D eigenvalue weighted by molar-refractivity contribution is 6.30. The number of rotatable bonds is 5. The first-order chi connectivity index (χ1) is 11.6. The summed E-state index contributed by atoms with van der Waals surface area (Å²) >= 11 is 5.99. The summed E-state index contributed by atoms with van der Waals surface area (Å²) in [7, 11) is 0. The second-order valence-corrected chi connectivity index (χ2v) is 6.64. The highest BCUT2D eigenvalue weighted by atomic mass is 35.5. The molecule has 2 heterocycles. The molecule has 5 nitrogen and oxygen atoms in total. The van der Waals surface area contributed by atoms with Gasteiger partial charge in [-0.1, -0.05) is 30.7 Å². The number of anilines is 1. The lowest BCUT2D eigenvalue weighted by molar-refractivity contribution is -0.0443. The fraction of sp³-hybridized carbons (Fsp3) is 0.444. The van der Waals surface area contributed by atoms with Crippen LogP contribution < -0.4 is 9.64 Å². The number of benzene rings is 1. The van der Waals surface area contributed by atoms with Gasteiger partial charge < -0.3 is 14.4 Å². The lowest BCUT2D eigenvalue weighted by Crippen LogP contribution is -2.50. The zero-order chi connectivity index (χ0) is 17.0. The molecule has 2 aromatic rings. The predicted molar refractivity (Wildman–Crippen MR) is 94.7 cm³/mol. The Morgan fingerprint density at radius 3 is 3.04 bits per heavy atom. The molecule has 6 heteroatoms. The van der Waals surface area contributed by atoms with Crippen LogP contribution in [0.5, 0.6) is 5.88 Å². The van der Waals surface area contributed by atoms with Crippen molar-refractivity contribution >= 4 is 17.4 Å². The third-order valence-electron chi connectivity index (χ3n) is 4.28. The summed E-state index contributed by atoms with van der Waals surface area (Å²) in [6.07, 6.45) is 4.36. The fourth-order valence-electron chi connectivity index (χ4n) is 2.68. The van der Waals surface area contributed by atoms with Crippen LogP contribution in [0.3, 0.4) is 0 Å². The van der Waals surface area contributed by atoms with Crippen LogP contribution in [0.2, 0.25) is 5.02 Å². The smallest absolute Gasteiger partial charge is 0.234 e. The molecule has 1 aromatic heterocycles. The number of hydrogen-bond donors (Lipinski definition) is 0. The van der Waals surface area contributed by atoms with E-state index in [-0.39, 0.29) is 5.60 Å². The SMILES string of the molecule is CCC1(C)CN(c2cncc(OCc3cccc(Cl)c3)n2)CCO1. The number of aromatic nitrogens is 2. The highest BCUT2D eigenvalue weighted by Gasteiger charge is 2.31. The second-order valence-electron chi connectivity index (χ2n) is 6.21. The van der Waals surface area contributed by atoms with Gasteiger partial charge in [0.25, 0.3) is 0 Å². The molecule has 0 amide bonds. The van der Waals surface area contributed by atoms with Crippen LogP contribution in [0, 0.1) is 0 Å². The van der Waals surface area contributed by atoms with Gasteiger partial charge >= 0.3 is 0 Å². The molecular formula is C18H22ClN3O2. The minimum absolute atomic E-state index is 0.141. The van der Waals surface area contributed by atoms with Crippen LogP contribution in [-0.2, 0) is 11.3 Å². The van der Waals surface area contributed by atoms with E-state index in [1.165, 1.54) is 0 Å². The van der Waals surface area contributed by atoms with Gasteiger partial charge in [-0.05, 0) is 31.0 Å². The Morgan fingerprint density at radius 2 is 2.25 bits per heavy atom. The number of nitrogens with zero attached hydrogens (tertiary/aromatic N) is 3. The van der Waals surface area contributed by atoms with Gasteiger partial charge in [-0.2, -0.15) is 4.98 Å². The summed E-state index contributed by atoms with van der Waals surface area (Å²) in [6, 6.07) is 7.60. The summed E-state index contributed by atoms with van der Waals surface area (Å²) in [4.78, 5) is 11.1. The Labute approximate surface area is 147 Å². The molecule has 0 saturated carbocycles. The predicted octanol–water partition coefficient (Wildman–Crippen LogP) is 3.71. The molecule has 3 rings (SSSR count). The third-order valence-corrected chi connectivity index (χ3v) is 4.52. The monoisotopic (exact) mass is 347 g/mol. The molecule has 1 fully saturated rings. The van der Waals surface area contributed by atoms with Crippen molar-refractivity contribution in [2.75, 3.05) is 24.6 Å². The molecule has 0 N–H and O–H groups in total. The van der Waals surface area contributed by atoms with Gasteiger partial charge in [-0.25, -0.2) is 0 Å².